The Morgan fingerprint density at radius 2 is 1.93 bits per heavy atom. The second-order valence-corrected chi connectivity index (χ2v) is 6.89. The van der Waals surface area contributed by atoms with E-state index in [1.165, 1.54) is 11.1 Å². The number of nitrogens with zero attached hydrogens (tertiary/aromatic N) is 2. The van der Waals surface area contributed by atoms with Crippen molar-refractivity contribution in [2.45, 2.75) is 31.8 Å². The molecule has 2 atom stereocenters. The Bertz CT molecular complexity index is 932. The van der Waals surface area contributed by atoms with E-state index in [1.54, 1.807) is 13.3 Å². The highest BCUT2D eigenvalue weighted by molar-refractivity contribution is 5.80. The molecule has 1 aromatic heterocycles. The predicted molar refractivity (Wildman–Crippen MR) is 108 cm³/mol. The van der Waals surface area contributed by atoms with Gasteiger partial charge in [0.05, 0.1) is 12.2 Å². The van der Waals surface area contributed by atoms with E-state index < -0.39 is 0 Å². The molecule has 0 spiro atoms. The van der Waals surface area contributed by atoms with E-state index >= 15 is 0 Å². The van der Waals surface area contributed by atoms with Crippen LogP contribution in [0.3, 0.4) is 0 Å². The molecule has 0 saturated heterocycles. The maximum atomic E-state index is 5.59. The highest BCUT2D eigenvalue weighted by Crippen LogP contribution is 2.42. The third-order valence-electron chi connectivity index (χ3n) is 4.93. The maximum absolute atomic E-state index is 5.59. The number of rotatable bonds is 5. The molecular weight excluding hydrogens is 336 g/mol. The van der Waals surface area contributed by atoms with Crippen LogP contribution in [-0.2, 0) is 6.54 Å². The van der Waals surface area contributed by atoms with Crippen molar-refractivity contribution < 1.29 is 4.42 Å². The van der Waals surface area contributed by atoms with E-state index in [2.05, 4.69) is 51.8 Å². The highest BCUT2D eigenvalue weighted by Gasteiger charge is 2.39. The fourth-order valence-corrected chi connectivity index (χ4v) is 3.35. The topological polar surface area (TPSA) is 62.5 Å². The van der Waals surface area contributed by atoms with Crippen LogP contribution in [0.1, 0.15) is 29.2 Å². The van der Waals surface area contributed by atoms with Crippen LogP contribution in [0.2, 0.25) is 0 Å². The molecule has 3 aromatic rings. The summed E-state index contributed by atoms with van der Waals surface area (Å²) in [7, 11) is 1.79. The number of oxazole rings is 1. The van der Waals surface area contributed by atoms with Gasteiger partial charge < -0.3 is 15.1 Å². The van der Waals surface area contributed by atoms with Crippen LogP contribution >= 0.6 is 0 Å². The minimum atomic E-state index is 0.425. The third-order valence-corrected chi connectivity index (χ3v) is 4.93. The third kappa shape index (κ3) is 4.03. The van der Waals surface area contributed by atoms with Gasteiger partial charge in [-0.2, -0.15) is 0 Å². The lowest BCUT2D eigenvalue weighted by molar-refractivity contribution is 0.572. The molecule has 1 aliphatic carbocycles. The maximum Gasteiger partial charge on any atom is 0.226 e. The Morgan fingerprint density at radius 1 is 1.15 bits per heavy atom. The SMILES string of the molecule is CN=C(NCc1coc(-c2ccccc2)n1)NC1CC1c1ccccc1C. The number of benzene rings is 2. The number of aryl methyl sites for hydroxylation is 1. The number of aliphatic imine (C=N–C) groups is 1. The summed E-state index contributed by atoms with van der Waals surface area (Å²) < 4.78 is 5.59. The summed E-state index contributed by atoms with van der Waals surface area (Å²) in [5, 5.41) is 6.83. The van der Waals surface area contributed by atoms with Crippen LogP contribution in [-0.4, -0.2) is 24.0 Å². The minimum Gasteiger partial charge on any atom is -0.444 e. The summed E-state index contributed by atoms with van der Waals surface area (Å²) in [5.74, 6) is 1.99. The van der Waals surface area contributed by atoms with Crippen molar-refractivity contribution in [2.24, 2.45) is 4.99 Å². The molecule has 27 heavy (non-hydrogen) atoms. The number of guanidine groups is 1. The molecule has 2 N–H and O–H groups in total. The molecular formula is C22H24N4O. The first-order chi connectivity index (χ1) is 13.2. The zero-order valence-corrected chi connectivity index (χ0v) is 15.6. The lowest BCUT2D eigenvalue weighted by Gasteiger charge is -2.11. The van der Waals surface area contributed by atoms with Gasteiger partial charge in [0.1, 0.15) is 6.26 Å². The van der Waals surface area contributed by atoms with Crippen molar-refractivity contribution in [3.63, 3.8) is 0 Å². The lowest BCUT2D eigenvalue weighted by atomic mass is 10.0. The summed E-state index contributed by atoms with van der Waals surface area (Å²) in [6.07, 6.45) is 2.82. The van der Waals surface area contributed by atoms with Gasteiger partial charge in [-0.3, -0.25) is 4.99 Å². The van der Waals surface area contributed by atoms with Gasteiger partial charge in [-0.25, -0.2) is 4.98 Å². The van der Waals surface area contributed by atoms with Crippen LogP contribution in [0.5, 0.6) is 0 Å². The van der Waals surface area contributed by atoms with Gasteiger partial charge in [-0.15, -0.1) is 0 Å². The summed E-state index contributed by atoms with van der Waals surface area (Å²) in [4.78, 5) is 8.88. The first-order valence-electron chi connectivity index (χ1n) is 9.27. The van der Waals surface area contributed by atoms with Crippen LogP contribution in [0, 0.1) is 6.92 Å². The van der Waals surface area contributed by atoms with Gasteiger partial charge in [0, 0.05) is 24.6 Å². The molecule has 0 radical (unpaired) electrons. The molecule has 0 bridgehead atoms. The van der Waals surface area contributed by atoms with E-state index in [-0.39, 0.29) is 0 Å². The zero-order valence-electron chi connectivity index (χ0n) is 15.6. The van der Waals surface area contributed by atoms with Crippen molar-refractivity contribution >= 4 is 5.96 Å². The molecule has 2 unspecified atom stereocenters. The Balaban J connectivity index is 1.32. The average Bonchev–Trinajstić information content (AvgIpc) is 3.30. The first-order valence-corrected chi connectivity index (χ1v) is 9.27. The summed E-state index contributed by atoms with van der Waals surface area (Å²) in [6, 6.07) is 18.9. The van der Waals surface area contributed by atoms with Crippen molar-refractivity contribution in [1.82, 2.24) is 15.6 Å². The van der Waals surface area contributed by atoms with Crippen LogP contribution in [0.4, 0.5) is 0 Å². The first kappa shape index (κ1) is 17.3. The second kappa shape index (κ2) is 7.66. The molecule has 4 rings (SSSR count). The van der Waals surface area contributed by atoms with E-state index in [0.29, 0.717) is 24.4 Å². The largest absolute Gasteiger partial charge is 0.444 e. The quantitative estimate of drug-likeness (QED) is 0.536. The Kier molecular flexibility index (Phi) is 4.92. The summed E-state index contributed by atoms with van der Waals surface area (Å²) in [6.45, 7) is 2.74. The lowest BCUT2D eigenvalue weighted by Crippen LogP contribution is -2.38. The number of hydrogen-bond donors (Lipinski definition) is 2. The molecule has 5 heteroatoms. The van der Waals surface area contributed by atoms with Gasteiger partial charge in [-0.05, 0) is 36.6 Å². The van der Waals surface area contributed by atoms with Gasteiger partial charge in [-0.1, -0.05) is 42.5 Å². The monoisotopic (exact) mass is 360 g/mol. The van der Waals surface area contributed by atoms with E-state index in [4.69, 9.17) is 4.42 Å². The van der Waals surface area contributed by atoms with Gasteiger partial charge in [0.2, 0.25) is 5.89 Å². The molecule has 1 fully saturated rings. The minimum absolute atomic E-state index is 0.425. The van der Waals surface area contributed by atoms with Crippen molar-refractivity contribution in [1.29, 1.82) is 0 Å². The van der Waals surface area contributed by atoms with E-state index in [0.717, 1.165) is 23.6 Å². The molecule has 138 valence electrons. The predicted octanol–water partition coefficient (Wildman–Crippen LogP) is 3.87. The Morgan fingerprint density at radius 3 is 2.70 bits per heavy atom. The van der Waals surface area contributed by atoms with Gasteiger partial charge >= 0.3 is 0 Å². The van der Waals surface area contributed by atoms with Crippen molar-refractivity contribution in [3.8, 4) is 11.5 Å². The Hall–Kier alpha value is -3.08. The summed E-state index contributed by atoms with van der Waals surface area (Å²) in [5.41, 5.74) is 4.61. The molecule has 1 aliphatic rings. The van der Waals surface area contributed by atoms with E-state index in [1.807, 2.05) is 30.3 Å². The van der Waals surface area contributed by atoms with Crippen molar-refractivity contribution in [3.05, 3.63) is 77.7 Å². The second-order valence-electron chi connectivity index (χ2n) is 6.89. The summed E-state index contributed by atoms with van der Waals surface area (Å²) >= 11 is 0. The van der Waals surface area contributed by atoms with E-state index in [9.17, 15) is 0 Å². The number of hydrogen-bond acceptors (Lipinski definition) is 3. The molecule has 1 saturated carbocycles. The van der Waals surface area contributed by atoms with Crippen LogP contribution < -0.4 is 10.6 Å². The fourth-order valence-electron chi connectivity index (χ4n) is 3.35. The van der Waals surface area contributed by atoms with Crippen molar-refractivity contribution in [2.75, 3.05) is 7.05 Å². The van der Waals surface area contributed by atoms with Crippen LogP contribution in [0.15, 0.2) is 70.3 Å². The van der Waals surface area contributed by atoms with Gasteiger partial charge in [0.25, 0.3) is 0 Å². The smallest absolute Gasteiger partial charge is 0.226 e. The molecule has 2 aromatic carbocycles. The standard InChI is InChI=1S/C22H24N4O/c1-15-8-6-7-11-18(15)19-12-20(19)26-22(23-2)24-13-17-14-27-21(25-17)16-9-4-3-5-10-16/h3-11,14,19-20H,12-13H2,1-2H3,(H2,23,24,26). The highest BCUT2D eigenvalue weighted by atomic mass is 16.3. The molecule has 5 nitrogen and oxygen atoms in total. The van der Waals surface area contributed by atoms with Crippen LogP contribution in [0.25, 0.3) is 11.5 Å². The number of aromatic nitrogens is 1. The van der Waals surface area contributed by atoms with Gasteiger partial charge in [0.15, 0.2) is 5.96 Å². The molecule has 0 amide bonds. The molecule has 0 aliphatic heterocycles. The normalized spacial score (nSPS) is 19.0. The number of nitrogens with one attached hydrogen (secondary N) is 2. The zero-order chi connectivity index (χ0) is 18.6. The Labute approximate surface area is 159 Å². The average molecular weight is 360 g/mol. The molecule has 1 heterocycles. The fraction of sp³-hybridized carbons (Fsp3) is 0.273.